The summed E-state index contributed by atoms with van der Waals surface area (Å²) in [6, 6.07) is 4.13. The number of hydrogen-bond acceptors (Lipinski definition) is 7. The minimum atomic E-state index is -0.687. The summed E-state index contributed by atoms with van der Waals surface area (Å²) >= 11 is 0. The summed E-state index contributed by atoms with van der Waals surface area (Å²) in [7, 11) is 1.30. The zero-order valence-corrected chi connectivity index (χ0v) is 12.7. The minimum absolute atomic E-state index is 0.0559. The summed E-state index contributed by atoms with van der Waals surface area (Å²) in [6.45, 7) is 0.241. The highest BCUT2D eigenvalue weighted by molar-refractivity contribution is 5.86. The van der Waals surface area contributed by atoms with E-state index in [4.69, 9.17) is 0 Å². The summed E-state index contributed by atoms with van der Waals surface area (Å²) in [5.41, 5.74) is 1.12. The van der Waals surface area contributed by atoms with Gasteiger partial charge >= 0.3 is 5.97 Å². The van der Waals surface area contributed by atoms with Crippen LogP contribution in [-0.2, 0) is 22.6 Å². The van der Waals surface area contributed by atoms with Crippen molar-refractivity contribution in [3.8, 4) is 5.75 Å². The van der Waals surface area contributed by atoms with Crippen LogP contribution in [-0.4, -0.2) is 37.9 Å². The van der Waals surface area contributed by atoms with Gasteiger partial charge in [0.05, 0.1) is 18.7 Å². The van der Waals surface area contributed by atoms with Gasteiger partial charge in [0.2, 0.25) is 0 Å². The number of fused-ring (bicyclic) bond motifs is 1. The maximum atomic E-state index is 13.4. The van der Waals surface area contributed by atoms with Crippen LogP contribution in [0.2, 0.25) is 0 Å². The van der Waals surface area contributed by atoms with Gasteiger partial charge in [-0.15, -0.1) is 0 Å². The van der Waals surface area contributed by atoms with Crippen molar-refractivity contribution in [2.45, 2.75) is 13.1 Å². The molecule has 2 aromatic heterocycles. The standard InChI is InChI=1S/C15H14FN5O3/c1-24-13(23)7-21-15-10(6-20-21)14(18-8-19-15)17-5-9-2-3-12(22)11(16)4-9/h2-4,6,8,22H,5,7H2,1H3,(H,17,18,19). The Kier molecular flexibility index (Phi) is 4.23. The first-order chi connectivity index (χ1) is 11.6. The summed E-state index contributed by atoms with van der Waals surface area (Å²) in [6.07, 6.45) is 2.88. The van der Waals surface area contributed by atoms with E-state index in [1.807, 2.05) is 0 Å². The number of phenols is 1. The molecule has 2 heterocycles. The molecule has 3 rings (SSSR count). The molecule has 0 bridgehead atoms. The number of carbonyl (C=O) groups excluding carboxylic acids is 1. The topological polar surface area (TPSA) is 102 Å². The molecule has 0 atom stereocenters. The second kappa shape index (κ2) is 6.49. The molecule has 2 N–H and O–H groups in total. The first kappa shape index (κ1) is 15.7. The van der Waals surface area contributed by atoms with Crippen LogP contribution >= 0.6 is 0 Å². The Balaban J connectivity index is 1.82. The summed E-state index contributed by atoms with van der Waals surface area (Å²) in [4.78, 5) is 19.6. The molecule has 0 amide bonds. The molecule has 124 valence electrons. The molecule has 0 aliphatic carbocycles. The molecule has 1 aromatic carbocycles. The molecule has 24 heavy (non-hydrogen) atoms. The van der Waals surface area contributed by atoms with Crippen LogP contribution in [0.3, 0.4) is 0 Å². The Morgan fingerprint density at radius 1 is 1.42 bits per heavy atom. The minimum Gasteiger partial charge on any atom is -0.505 e. The Bertz CT molecular complexity index is 896. The van der Waals surface area contributed by atoms with Gasteiger partial charge in [-0.05, 0) is 17.7 Å². The lowest BCUT2D eigenvalue weighted by Gasteiger charge is -2.07. The number of ether oxygens (including phenoxy) is 1. The number of esters is 1. The molecule has 0 saturated heterocycles. The average Bonchev–Trinajstić information content (AvgIpc) is 2.99. The van der Waals surface area contributed by atoms with Gasteiger partial charge in [0.1, 0.15) is 18.7 Å². The number of aromatic nitrogens is 4. The molecule has 3 aromatic rings. The highest BCUT2D eigenvalue weighted by Crippen LogP contribution is 2.21. The fourth-order valence-electron chi connectivity index (χ4n) is 2.18. The van der Waals surface area contributed by atoms with E-state index in [9.17, 15) is 14.3 Å². The molecule has 0 aliphatic heterocycles. The number of nitrogens with one attached hydrogen (secondary N) is 1. The number of nitrogens with zero attached hydrogens (tertiary/aromatic N) is 4. The summed E-state index contributed by atoms with van der Waals surface area (Å²) < 4.78 is 19.4. The normalized spacial score (nSPS) is 10.8. The lowest BCUT2D eigenvalue weighted by Crippen LogP contribution is -2.13. The molecule has 0 fully saturated rings. The van der Waals surface area contributed by atoms with Crippen molar-refractivity contribution in [2.75, 3.05) is 12.4 Å². The first-order valence-corrected chi connectivity index (χ1v) is 7.03. The van der Waals surface area contributed by atoms with Crippen LogP contribution in [0.15, 0.2) is 30.7 Å². The van der Waals surface area contributed by atoms with Gasteiger partial charge in [0, 0.05) is 6.54 Å². The number of hydrogen-bond donors (Lipinski definition) is 2. The number of benzene rings is 1. The van der Waals surface area contributed by atoms with E-state index >= 15 is 0 Å². The third kappa shape index (κ3) is 3.09. The number of aromatic hydroxyl groups is 1. The number of phenolic OH excluding ortho intramolecular Hbond substituents is 1. The van der Waals surface area contributed by atoms with Gasteiger partial charge in [-0.3, -0.25) is 4.79 Å². The van der Waals surface area contributed by atoms with Crippen molar-refractivity contribution >= 4 is 22.8 Å². The number of anilines is 1. The summed E-state index contributed by atoms with van der Waals surface area (Å²) in [5, 5.41) is 17.0. The molecule has 9 heteroatoms. The molecule has 0 unspecified atom stereocenters. The van der Waals surface area contributed by atoms with Crippen LogP contribution in [0.1, 0.15) is 5.56 Å². The van der Waals surface area contributed by atoms with E-state index in [1.54, 1.807) is 6.07 Å². The molecule has 8 nitrogen and oxygen atoms in total. The Morgan fingerprint density at radius 3 is 3.00 bits per heavy atom. The van der Waals surface area contributed by atoms with Crippen molar-refractivity contribution in [1.82, 2.24) is 19.7 Å². The number of carbonyl (C=O) groups is 1. The molecule has 0 saturated carbocycles. The first-order valence-electron chi connectivity index (χ1n) is 7.03. The number of halogens is 1. The molecular formula is C15H14FN5O3. The van der Waals surface area contributed by atoms with E-state index in [2.05, 4.69) is 25.1 Å². The third-order valence-electron chi connectivity index (χ3n) is 3.41. The van der Waals surface area contributed by atoms with Crippen molar-refractivity contribution in [1.29, 1.82) is 0 Å². The van der Waals surface area contributed by atoms with Crippen LogP contribution in [0.25, 0.3) is 11.0 Å². The van der Waals surface area contributed by atoms with Crippen molar-refractivity contribution in [2.24, 2.45) is 0 Å². The molecule has 0 spiro atoms. The smallest absolute Gasteiger partial charge is 0.327 e. The Morgan fingerprint density at radius 2 is 2.25 bits per heavy atom. The van der Waals surface area contributed by atoms with Crippen molar-refractivity contribution in [3.05, 3.63) is 42.1 Å². The van der Waals surface area contributed by atoms with Gasteiger partial charge in [-0.2, -0.15) is 5.10 Å². The molecule has 0 radical (unpaired) electrons. The van der Waals surface area contributed by atoms with Gasteiger partial charge in [-0.25, -0.2) is 19.0 Å². The monoisotopic (exact) mass is 331 g/mol. The second-order valence-corrected chi connectivity index (χ2v) is 4.98. The van der Waals surface area contributed by atoms with E-state index in [0.717, 1.165) is 0 Å². The van der Waals surface area contributed by atoms with Crippen LogP contribution in [0, 0.1) is 5.82 Å². The highest BCUT2D eigenvalue weighted by atomic mass is 19.1. The number of rotatable bonds is 5. The lowest BCUT2D eigenvalue weighted by atomic mass is 10.2. The fourth-order valence-corrected chi connectivity index (χ4v) is 2.18. The predicted molar refractivity (Wildman–Crippen MR) is 82.7 cm³/mol. The van der Waals surface area contributed by atoms with Crippen molar-refractivity contribution in [3.63, 3.8) is 0 Å². The quantitative estimate of drug-likeness (QED) is 0.682. The average molecular weight is 331 g/mol. The van der Waals surface area contributed by atoms with Crippen LogP contribution in [0.4, 0.5) is 10.2 Å². The van der Waals surface area contributed by atoms with Crippen LogP contribution in [0.5, 0.6) is 5.75 Å². The van der Waals surface area contributed by atoms with Gasteiger partial charge in [0.15, 0.2) is 17.2 Å². The van der Waals surface area contributed by atoms with Gasteiger partial charge in [-0.1, -0.05) is 6.07 Å². The lowest BCUT2D eigenvalue weighted by molar-refractivity contribution is -0.141. The van der Waals surface area contributed by atoms with Gasteiger partial charge < -0.3 is 15.2 Å². The largest absolute Gasteiger partial charge is 0.505 e. The van der Waals surface area contributed by atoms with Crippen molar-refractivity contribution < 1.29 is 19.0 Å². The van der Waals surface area contributed by atoms with E-state index in [1.165, 1.54) is 36.4 Å². The molecular weight excluding hydrogens is 317 g/mol. The zero-order valence-electron chi connectivity index (χ0n) is 12.7. The highest BCUT2D eigenvalue weighted by Gasteiger charge is 2.12. The molecule has 0 aliphatic rings. The zero-order chi connectivity index (χ0) is 17.1. The van der Waals surface area contributed by atoms with E-state index in [-0.39, 0.29) is 6.54 Å². The maximum absolute atomic E-state index is 13.4. The Labute approximate surface area is 135 Å². The van der Waals surface area contributed by atoms with Crippen LogP contribution < -0.4 is 5.32 Å². The van der Waals surface area contributed by atoms with Gasteiger partial charge in [0.25, 0.3) is 0 Å². The fraction of sp³-hybridized carbons (Fsp3) is 0.200. The van der Waals surface area contributed by atoms with E-state index < -0.39 is 17.5 Å². The number of methoxy groups -OCH3 is 1. The third-order valence-corrected chi connectivity index (χ3v) is 3.41. The predicted octanol–water partition coefficient (Wildman–Crippen LogP) is 1.46. The van der Waals surface area contributed by atoms with E-state index in [0.29, 0.717) is 29.0 Å². The SMILES string of the molecule is COC(=O)Cn1ncc2c(NCc3ccc(O)c(F)c3)ncnc21. The second-order valence-electron chi connectivity index (χ2n) is 4.98. The Hall–Kier alpha value is -3.23. The summed E-state index contributed by atoms with van der Waals surface area (Å²) in [5.74, 6) is -1.02. The maximum Gasteiger partial charge on any atom is 0.327 e.